The average molecular weight is 280 g/mol. The number of hydrogen-bond acceptors (Lipinski definition) is 4. The molecule has 0 saturated carbocycles. The number of hydrogen-bond donors (Lipinski definition) is 1. The van der Waals surface area contributed by atoms with Crippen LogP contribution in [0.5, 0.6) is 11.5 Å². The van der Waals surface area contributed by atoms with Gasteiger partial charge in [0, 0.05) is 18.2 Å². The van der Waals surface area contributed by atoms with Gasteiger partial charge in [0.1, 0.15) is 11.5 Å². The van der Waals surface area contributed by atoms with Gasteiger partial charge in [0.15, 0.2) is 0 Å². The monoisotopic (exact) mass is 280 g/mol. The van der Waals surface area contributed by atoms with E-state index >= 15 is 0 Å². The van der Waals surface area contributed by atoms with Crippen LogP contribution in [0, 0.1) is 0 Å². The summed E-state index contributed by atoms with van der Waals surface area (Å²) in [6, 6.07) is 6.18. The van der Waals surface area contributed by atoms with Gasteiger partial charge < -0.3 is 15.2 Å². The molecule has 4 nitrogen and oxygen atoms in total. The quantitative estimate of drug-likeness (QED) is 0.755. The summed E-state index contributed by atoms with van der Waals surface area (Å²) in [6.07, 6.45) is 0.981. The van der Waals surface area contributed by atoms with Gasteiger partial charge in [-0.15, -0.1) is 0 Å². The minimum absolute atomic E-state index is 0.183. The first-order valence-corrected chi connectivity index (χ1v) is 7.46. The Bertz CT molecular complexity index is 392. The molecular formula is C16H28N2O2. The van der Waals surface area contributed by atoms with Crippen LogP contribution in [0.1, 0.15) is 38.8 Å². The predicted molar refractivity (Wildman–Crippen MR) is 83.5 cm³/mol. The standard InChI is InChI=1S/C16H28N2O2/c1-5-10-20-16-11-13(19-4)8-9-14(16)15(12-17)18(6-2)7-3/h8-9,11,15H,5-7,10,12,17H2,1-4H3. The van der Waals surface area contributed by atoms with Crippen LogP contribution in [0.4, 0.5) is 0 Å². The molecule has 0 aliphatic rings. The van der Waals surface area contributed by atoms with Crippen LogP contribution >= 0.6 is 0 Å². The molecule has 20 heavy (non-hydrogen) atoms. The van der Waals surface area contributed by atoms with Gasteiger partial charge in [-0.05, 0) is 25.6 Å². The van der Waals surface area contributed by atoms with Crippen LogP contribution in [-0.4, -0.2) is 38.3 Å². The van der Waals surface area contributed by atoms with Crippen molar-refractivity contribution in [2.45, 2.75) is 33.2 Å². The summed E-state index contributed by atoms with van der Waals surface area (Å²) < 4.78 is 11.2. The maximum Gasteiger partial charge on any atom is 0.127 e. The molecule has 2 N–H and O–H groups in total. The minimum atomic E-state index is 0.183. The third kappa shape index (κ3) is 4.12. The van der Waals surface area contributed by atoms with E-state index in [0.717, 1.165) is 36.6 Å². The van der Waals surface area contributed by atoms with E-state index in [2.05, 4.69) is 31.7 Å². The lowest BCUT2D eigenvalue weighted by Crippen LogP contribution is -2.33. The molecule has 0 amide bonds. The predicted octanol–water partition coefficient (Wildman–Crippen LogP) is 2.83. The Hall–Kier alpha value is -1.26. The van der Waals surface area contributed by atoms with Crippen molar-refractivity contribution < 1.29 is 9.47 Å². The second-order valence-corrected chi connectivity index (χ2v) is 4.72. The van der Waals surface area contributed by atoms with Crippen molar-refractivity contribution in [3.05, 3.63) is 23.8 Å². The molecule has 114 valence electrons. The molecule has 0 fully saturated rings. The highest BCUT2D eigenvalue weighted by atomic mass is 16.5. The lowest BCUT2D eigenvalue weighted by molar-refractivity contribution is 0.215. The maximum absolute atomic E-state index is 6.00. The van der Waals surface area contributed by atoms with Crippen molar-refractivity contribution in [1.82, 2.24) is 4.90 Å². The molecule has 1 unspecified atom stereocenters. The fraction of sp³-hybridized carbons (Fsp3) is 0.625. The Morgan fingerprint density at radius 2 is 1.90 bits per heavy atom. The van der Waals surface area contributed by atoms with Gasteiger partial charge in [-0.25, -0.2) is 0 Å². The molecule has 0 heterocycles. The molecule has 1 aromatic carbocycles. The Kier molecular flexibility index (Phi) is 7.41. The normalized spacial score (nSPS) is 12.5. The van der Waals surface area contributed by atoms with E-state index in [1.54, 1.807) is 7.11 Å². The van der Waals surface area contributed by atoms with E-state index in [1.165, 1.54) is 0 Å². The molecule has 1 atom stereocenters. The second-order valence-electron chi connectivity index (χ2n) is 4.72. The van der Waals surface area contributed by atoms with Gasteiger partial charge in [-0.2, -0.15) is 0 Å². The van der Waals surface area contributed by atoms with E-state index < -0.39 is 0 Å². The summed E-state index contributed by atoms with van der Waals surface area (Å²) in [5.74, 6) is 1.70. The van der Waals surface area contributed by atoms with E-state index in [0.29, 0.717) is 13.2 Å². The molecule has 0 saturated heterocycles. The van der Waals surface area contributed by atoms with Crippen LogP contribution in [0.3, 0.4) is 0 Å². The third-order valence-electron chi connectivity index (χ3n) is 3.52. The van der Waals surface area contributed by atoms with Crippen molar-refractivity contribution in [1.29, 1.82) is 0 Å². The lowest BCUT2D eigenvalue weighted by Gasteiger charge is -2.30. The fourth-order valence-electron chi connectivity index (χ4n) is 2.39. The van der Waals surface area contributed by atoms with Gasteiger partial charge >= 0.3 is 0 Å². The summed E-state index contributed by atoms with van der Waals surface area (Å²) in [5, 5.41) is 0. The first-order valence-electron chi connectivity index (χ1n) is 7.46. The number of ether oxygens (including phenoxy) is 2. The van der Waals surface area contributed by atoms with Crippen LogP contribution < -0.4 is 15.2 Å². The SMILES string of the molecule is CCCOc1cc(OC)ccc1C(CN)N(CC)CC. The number of rotatable bonds is 9. The zero-order chi connectivity index (χ0) is 15.0. The van der Waals surface area contributed by atoms with Crippen LogP contribution in [0.2, 0.25) is 0 Å². The number of benzene rings is 1. The largest absolute Gasteiger partial charge is 0.497 e. The fourth-order valence-corrected chi connectivity index (χ4v) is 2.39. The summed E-state index contributed by atoms with van der Waals surface area (Å²) in [4.78, 5) is 2.35. The average Bonchev–Trinajstić information content (AvgIpc) is 2.50. The molecule has 0 aliphatic carbocycles. The summed E-state index contributed by atoms with van der Waals surface area (Å²) in [6.45, 7) is 9.64. The lowest BCUT2D eigenvalue weighted by atomic mass is 10.0. The van der Waals surface area contributed by atoms with Crippen LogP contribution in [0.15, 0.2) is 18.2 Å². The Morgan fingerprint density at radius 3 is 2.40 bits per heavy atom. The number of likely N-dealkylation sites (N-methyl/N-ethyl adjacent to an activating group) is 1. The van der Waals surface area contributed by atoms with Crippen molar-refractivity contribution in [2.75, 3.05) is 33.4 Å². The first kappa shape index (κ1) is 16.8. The number of methoxy groups -OCH3 is 1. The second kappa shape index (κ2) is 8.82. The Balaban J connectivity index is 3.11. The zero-order valence-electron chi connectivity index (χ0n) is 13.2. The molecular weight excluding hydrogens is 252 g/mol. The molecule has 1 aromatic rings. The van der Waals surface area contributed by atoms with E-state index in [-0.39, 0.29) is 6.04 Å². The van der Waals surface area contributed by atoms with Gasteiger partial charge in [0.25, 0.3) is 0 Å². The first-order chi connectivity index (χ1) is 9.71. The van der Waals surface area contributed by atoms with Crippen molar-refractivity contribution in [2.24, 2.45) is 5.73 Å². The number of nitrogens with zero attached hydrogens (tertiary/aromatic N) is 1. The van der Waals surface area contributed by atoms with Crippen LogP contribution in [0.25, 0.3) is 0 Å². The van der Waals surface area contributed by atoms with Gasteiger partial charge in [-0.1, -0.05) is 26.8 Å². The van der Waals surface area contributed by atoms with Crippen molar-refractivity contribution >= 4 is 0 Å². The topological polar surface area (TPSA) is 47.7 Å². The smallest absolute Gasteiger partial charge is 0.127 e. The minimum Gasteiger partial charge on any atom is -0.497 e. The highest BCUT2D eigenvalue weighted by Crippen LogP contribution is 2.32. The molecule has 1 rings (SSSR count). The van der Waals surface area contributed by atoms with Crippen molar-refractivity contribution in [3.8, 4) is 11.5 Å². The van der Waals surface area contributed by atoms with E-state index in [9.17, 15) is 0 Å². The molecule has 4 heteroatoms. The highest BCUT2D eigenvalue weighted by molar-refractivity contribution is 5.42. The summed E-state index contributed by atoms with van der Waals surface area (Å²) in [5.41, 5.74) is 7.14. The summed E-state index contributed by atoms with van der Waals surface area (Å²) in [7, 11) is 1.67. The van der Waals surface area contributed by atoms with E-state index in [1.807, 2.05) is 12.1 Å². The van der Waals surface area contributed by atoms with E-state index in [4.69, 9.17) is 15.2 Å². The maximum atomic E-state index is 6.00. The molecule has 0 bridgehead atoms. The zero-order valence-corrected chi connectivity index (χ0v) is 13.2. The Morgan fingerprint density at radius 1 is 1.20 bits per heavy atom. The van der Waals surface area contributed by atoms with Gasteiger partial charge in [0.05, 0.1) is 19.8 Å². The van der Waals surface area contributed by atoms with Crippen molar-refractivity contribution in [3.63, 3.8) is 0 Å². The molecule has 0 aromatic heterocycles. The molecule has 0 radical (unpaired) electrons. The molecule has 0 aliphatic heterocycles. The van der Waals surface area contributed by atoms with Crippen LogP contribution in [-0.2, 0) is 0 Å². The van der Waals surface area contributed by atoms with Gasteiger partial charge in [-0.3, -0.25) is 4.90 Å². The summed E-state index contributed by atoms with van der Waals surface area (Å²) >= 11 is 0. The highest BCUT2D eigenvalue weighted by Gasteiger charge is 2.20. The third-order valence-corrected chi connectivity index (χ3v) is 3.52. The Labute approximate surface area is 122 Å². The molecule has 0 spiro atoms. The van der Waals surface area contributed by atoms with Gasteiger partial charge in [0.2, 0.25) is 0 Å². The number of nitrogens with two attached hydrogens (primary N) is 1.